The van der Waals surface area contributed by atoms with Crippen molar-refractivity contribution in [3.05, 3.63) is 29.3 Å². The van der Waals surface area contributed by atoms with Crippen molar-refractivity contribution in [1.82, 2.24) is 9.80 Å². The molecule has 0 bridgehead atoms. The van der Waals surface area contributed by atoms with Gasteiger partial charge in [0.2, 0.25) is 0 Å². The maximum Gasteiger partial charge on any atom is 0.171 e. The van der Waals surface area contributed by atoms with Gasteiger partial charge in [-0.15, -0.1) is 0 Å². The van der Waals surface area contributed by atoms with E-state index in [0.717, 1.165) is 39.1 Å². The maximum absolute atomic E-state index is 14.0. The summed E-state index contributed by atoms with van der Waals surface area (Å²) >= 11 is 0. The molecule has 0 amide bonds. The van der Waals surface area contributed by atoms with Crippen molar-refractivity contribution >= 4 is 0 Å². The summed E-state index contributed by atoms with van der Waals surface area (Å²) in [6, 6.07) is 2.60. The predicted molar refractivity (Wildman–Crippen MR) is 75.2 cm³/mol. The molecule has 0 atom stereocenters. The standard InChI is InChI=1S/C15H22F2N2O/c1-18-8-10-19(11-9-18)7-3-4-12-13(16)5-6-14(20-2)15(12)17/h5-6H,3-4,7-11H2,1-2H3. The van der Waals surface area contributed by atoms with Crippen LogP contribution < -0.4 is 4.74 Å². The third kappa shape index (κ3) is 3.67. The number of ether oxygens (including phenoxy) is 1. The minimum absolute atomic E-state index is 0.112. The van der Waals surface area contributed by atoms with E-state index in [-0.39, 0.29) is 11.3 Å². The van der Waals surface area contributed by atoms with E-state index in [1.54, 1.807) is 0 Å². The fourth-order valence-corrected chi connectivity index (χ4v) is 2.51. The number of nitrogens with zero attached hydrogens (tertiary/aromatic N) is 2. The molecule has 0 unspecified atom stereocenters. The molecule has 0 N–H and O–H groups in total. The molecule has 112 valence electrons. The van der Waals surface area contributed by atoms with E-state index < -0.39 is 11.6 Å². The number of likely N-dealkylation sites (N-methyl/N-ethyl adjacent to an activating group) is 1. The first-order valence-electron chi connectivity index (χ1n) is 7.03. The molecule has 1 aromatic carbocycles. The highest BCUT2D eigenvalue weighted by atomic mass is 19.1. The minimum Gasteiger partial charge on any atom is -0.494 e. The van der Waals surface area contributed by atoms with Crippen molar-refractivity contribution in [3.8, 4) is 5.75 Å². The van der Waals surface area contributed by atoms with E-state index in [0.29, 0.717) is 6.42 Å². The summed E-state index contributed by atoms with van der Waals surface area (Å²) in [4.78, 5) is 4.63. The maximum atomic E-state index is 14.0. The lowest BCUT2D eigenvalue weighted by molar-refractivity contribution is 0.153. The average Bonchev–Trinajstić information content (AvgIpc) is 2.44. The second-order valence-electron chi connectivity index (χ2n) is 5.29. The number of methoxy groups -OCH3 is 1. The molecule has 0 spiro atoms. The van der Waals surface area contributed by atoms with Crippen LogP contribution in [0.1, 0.15) is 12.0 Å². The third-order valence-corrected chi connectivity index (χ3v) is 3.87. The Morgan fingerprint density at radius 3 is 2.50 bits per heavy atom. The second kappa shape index (κ2) is 6.99. The lowest BCUT2D eigenvalue weighted by atomic mass is 10.1. The van der Waals surface area contributed by atoms with Crippen LogP contribution in [0.5, 0.6) is 5.75 Å². The highest BCUT2D eigenvalue weighted by Crippen LogP contribution is 2.24. The van der Waals surface area contributed by atoms with Gasteiger partial charge in [-0.3, -0.25) is 0 Å². The van der Waals surface area contributed by atoms with Crippen LogP contribution in [-0.4, -0.2) is 56.7 Å². The predicted octanol–water partition coefficient (Wildman–Crippen LogP) is 2.15. The quantitative estimate of drug-likeness (QED) is 0.824. The summed E-state index contributed by atoms with van der Waals surface area (Å²) in [5, 5.41) is 0. The number of halogens is 2. The monoisotopic (exact) mass is 284 g/mol. The van der Waals surface area contributed by atoms with Crippen molar-refractivity contribution in [2.45, 2.75) is 12.8 Å². The fourth-order valence-electron chi connectivity index (χ4n) is 2.51. The van der Waals surface area contributed by atoms with Gasteiger partial charge in [-0.1, -0.05) is 0 Å². The van der Waals surface area contributed by atoms with Gasteiger partial charge >= 0.3 is 0 Å². The normalized spacial score (nSPS) is 17.4. The minimum atomic E-state index is -0.564. The van der Waals surface area contributed by atoms with Gasteiger partial charge in [0.1, 0.15) is 5.82 Å². The van der Waals surface area contributed by atoms with E-state index in [4.69, 9.17) is 4.74 Å². The SMILES string of the molecule is COc1ccc(F)c(CCCN2CCN(C)CC2)c1F. The average molecular weight is 284 g/mol. The van der Waals surface area contributed by atoms with Crippen LogP contribution in [0.4, 0.5) is 8.78 Å². The molecule has 1 aliphatic rings. The van der Waals surface area contributed by atoms with E-state index in [1.807, 2.05) is 0 Å². The van der Waals surface area contributed by atoms with Gasteiger partial charge in [0.25, 0.3) is 0 Å². The number of hydrogen-bond acceptors (Lipinski definition) is 3. The van der Waals surface area contributed by atoms with E-state index >= 15 is 0 Å². The molecule has 1 aliphatic heterocycles. The molecule has 1 saturated heterocycles. The van der Waals surface area contributed by atoms with Gasteiger partial charge in [0, 0.05) is 31.7 Å². The first-order valence-corrected chi connectivity index (χ1v) is 7.03. The zero-order valence-corrected chi connectivity index (χ0v) is 12.2. The van der Waals surface area contributed by atoms with E-state index in [9.17, 15) is 8.78 Å². The fraction of sp³-hybridized carbons (Fsp3) is 0.600. The number of rotatable bonds is 5. The van der Waals surface area contributed by atoms with Gasteiger partial charge < -0.3 is 14.5 Å². The van der Waals surface area contributed by atoms with Crippen LogP contribution in [0.2, 0.25) is 0 Å². The topological polar surface area (TPSA) is 15.7 Å². The van der Waals surface area contributed by atoms with E-state index in [1.165, 1.54) is 19.2 Å². The first kappa shape index (κ1) is 15.2. The number of piperazine rings is 1. The summed E-state index contributed by atoms with van der Waals surface area (Å²) in [6.07, 6.45) is 1.16. The highest BCUT2D eigenvalue weighted by molar-refractivity contribution is 5.32. The molecule has 0 saturated carbocycles. The zero-order chi connectivity index (χ0) is 14.5. The Bertz CT molecular complexity index is 446. The van der Waals surface area contributed by atoms with Crippen molar-refractivity contribution < 1.29 is 13.5 Å². The summed E-state index contributed by atoms with van der Waals surface area (Å²) in [5.74, 6) is -0.937. The molecular formula is C15H22F2N2O. The molecule has 1 heterocycles. The Morgan fingerprint density at radius 1 is 1.15 bits per heavy atom. The van der Waals surface area contributed by atoms with Crippen molar-refractivity contribution in [3.63, 3.8) is 0 Å². The van der Waals surface area contributed by atoms with Crippen molar-refractivity contribution in [2.75, 3.05) is 46.9 Å². The summed E-state index contributed by atoms with van der Waals surface area (Å²) in [5.41, 5.74) is 0.137. The van der Waals surface area contributed by atoms with Crippen LogP contribution >= 0.6 is 0 Å². The molecule has 0 aromatic heterocycles. The van der Waals surface area contributed by atoms with Crippen molar-refractivity contribution in [2.24, 2.45) is 0 Å². The molecule has 1 fully saturated rings. The van der Waals surface area contributed by atoms with Crippen LogP contribution in [0.25, 0.3) is 0 Å². The molecule has 1 aromatic rings. The van der Waals surface area contributed by atoms with Gasteiger partial charge in [0.15, 0.2) is 11.6 Å². The molecule has 0 aliphatic carbocycles. The Morgan fingerprint density at radius 2 is 1.85 bits per heavy atom. The lowest BCUT2D eigenvalue weighted by Crippen LogP contribution is -2.44. The summed E-state index contributed by atoms with van der Waals surface area (Å²) in [6.45, 7) is 5.05. The Kier molecular flexibility index (Phi) is 5.31. The largest absolute Gasteiger partial charge is 0.494 e. The van der Waals surface area contributed by atoms with Gasteiger partial charge in [0.05, 0.1) is 7.11 Å². The Hall–Kier alpha value is -1.20. The van der Waals surface area contributed by atoms with Gasteiger partial charge in [-0.2, -0.15) is 0 Å². The summed E-state index contributed by atoms with van der Waals surface area (Å²) in [7, 11) is 3.50. The Balaban J connectivity index is 1.88. The number of benzene rings is 1. The van der Waals surface area contributed by atoms with Crippen LogP contribution in [-0.2, 0) is 6.42 Å². The van der Waals surface area contributed by atoms with Gasteiger partial charge in [-0.05, 0) is 38.6 Å². The van der Waals surface area contributed by atoms with Crippen LogP contribution in [0.15, 0.2) is 12.1 Å². The molecule has 20 heavy (non-hydrogen) atoms. The molecule has 2 rings (SSSR count). The smallest absolute Gasteiger partial charge is 0.171 e. The molecular weight excluding hydrogens is 262 g/mol. The third-order valence-electron chi connectivity index (χ3n) is 3.87. The van der Waals surface area contributed by atoms with Crippen LogP contribution in [0.3, 0.4) is 0 Å². The highest BCUT2D eigenvalue weighted by Gasteiger charge is 2.16. The summed E-state index contributed by atoms with van der Waals surface area (Å²) < 4.78 is 32.5. The second-order valence-corrected chi connectivity index (χ2v) is 5.29. The van der Waals surface area contributed by atoms with Gasteiger partial charge in [-0.25, -0.2) is 8.78 Å². The number of hydrogen-bond donors (Lipinski definition) is 0. The lowest BCUT2D eigenvalue weighted by Gasteiger charge is -2.32. The zero-order valence-electron chi connectivity index (χ0n) is 12.2. The first-order chi connectivity index (χ1) is 9.61. The molecule has 0 radical (unpaired) electrons. The Labute approximate surface area is 119 Å². The van der Waals surface area contributed by atoms with Crippen LogP contribution in [0, 0.1) is 11.6 Å². The molecule has 5 heteroatoms. The van der Waals surface area contributed by atoms with Crippen molar-refractivity contribution in [1.29, 1.82) is 0 Å². The molecule has 3 nitrogen and oxygen atoms in total. The van der Waals surface area contributed by atoms with E-state index in [2.05, 4.69) is 16.8 Å².